The fourth-order valence-electron chi connectivity index (χ4n) is 1.42. The van der Waals surface area contributed by atoms with E-state index in [-0.39, 0.29) is 6.04 Å². The molecule has 1 aliphatic rings. The van der Waals surface area contributed by atoms with Crippen LogP contribution in [0.4, 0.5) is 0 Å². The van der Waals surface area contributed by atoms with Gasteiger partial charge in [-0.25, -0.2) is 4.74 Å². The van der Waals surface area contributed by atoms with E-state index in [1.54, 1.807) is 0 Å². The van der Waals surface area contributed by atoms with Crippen LogP contribution in [0, 0.1) is 0 Å². The largest absolute Gasteiger partial charge is 0.332 e. The number of hydrogen-bond acceptors (Lipinski definition) is 1. The third kappa shape index (κ3) is 4.16. The molecule has 2 N–H and O–H groups in total. The second-order valence-electron chi connectivity index (χ2n) is 2.94. The molecule has 0 radical (unpaired) electrons. The Hall–Kier alpha value is 0.500. The molecule has 0 aromatic carbocycles. The van der Waals surface area contributed by atoms with Gasteiger partial charge in [0.1, 0.15) is 0 Å². The molecular weight excluding hydrogens is 181 g/mol. The van der Waals surface area contributed by atoms with E-state index in [0.29, 0.717) is 0 Å². The number of rotatable bonds is 1. The molecule has 11 heavy (non-hydrogen) atoms. The average Bonchev–Trinajstić information content (AvgIpc) is 1.85. The minimum absolute atomic E-state index is 0.143. The lowest BCUT2D eigenvalue weighted by molar-refractivity contribution is 0.426. The van der Waals surface area contributed by atoms with Crippen molar-refractivity contribution >= 4 is 19.0 Å². The summed E-state index contributed by atoms with van der Waals surface area (Å²) in [6.45, 7) is -3.16. The van der Waals surface area contributed by atoms with Crippen LogP contribution in [0.15, 0.2) is 4.74 Å². The van der Waals surface area contributed by atoms with Crippen molar-refractivity contribution < 1.29 is 9.79 Å². The van der Waals surface area contributed by atoms with Gasteiger partial charge in [-0.05, 0) is 12.8 Å². The molecule has 0 aliphatic heterocycles. The van der Waals surface area contributed by atoms with E-state index in [9.17, 15) is 0 Å². The number of nitrogens with zero attached hydrogens (tertiary/aromatic N) is 1. The molecule has 0 unspecified atom stereocenters. The second kappa shape index (κ2) is 3.94. The van der Waals surface area contributed by atoms with Gasteiger partial charge in [0.05, 0.1) is 6.04 Å². The summed E-state index contributed by atoms with van der Waals surface area (Å²) < 4.78 is 3.85. The Balaban J connectivity index is 2.47. The predicted octanol–water partition coefficient (Wildman–Crippen LogP) is 2.18. The maximum absolute atomic E-state index is 8.93. The Bertz CT molecular complexity index is 165. The minimum atomic E-state index is -3.16. The van der Waals surface area contributed by atoms with Crippen molar-refractivity contribution in [2.75, 3.05) is 0 Å². The zero-order chi connectivity index (χ0) is 8.32. The summed E-state index contributed by atoms with van der Waals surface area (Å²) in [5, 5.41) is 0. The van der Waals surface area contributed by atoms with Crippen molar-refractivity contribution in [3.8, 4) is 0 Å². The number of hydrogen-bond donors (Lipinski definition) is 3. The molecule has 1 fully saturated rings. The van der Waals surface area contributed by atoms with E-state index in [2.05, 4.69) is 17.0 Å². The number of thiol groups is 1. The van der Waals surface area contributed by atoms with Crippen molar-refractivity contribution in [2.24, 2.45) is 4.74 Å². The first-order chi connectivity index (χ1) is 5.08. The van der Waals surface area contributed by atoms with Crippen LogP contribution in [-0.4, -0.2) is 15.8 Å². The normalized spacial score (nSPS) is 21.7. The lowest BCUT2D eigenvalue weighted by Crippen LogP contribution is -2.08. The Morgan fingerprint density at radius 3 is 2.18 bits per heavy atom. The predicted molar refractivity (Wildman–Crippen MR) is 49.6 cm³/mol. The molecular formula is C6H14NO2PS. The van der Waals surface area contributed by atoms with Crippen LogP contribution < -0.4 is 0 Å². The fourth-order valence-corrected chi connectivity index (χ4v) is 2.52. The van der Waals surface area contributed by atoms with Crippen LogP contribution in [0.3, 0.4) is 0 Å². The highest BCUT2D eigenvalue weighted by molar-refractivity contribution is 8.44. The highest BCUT2D eigenvalue weighted by Crippen LogP contribution is 2.46. The Kier molecular flexibility index (Phi) is 3.44. The highest BCUT2D eigenvalue weighted by atomic mass is 32.7. The summed E-state index contributed by atoms with van der Waals surface area (Å²) in [7, 11) is 0. The quantitative estimate of drug-likeness (QED) is 0.443. The molecule has 5 heteroatoms. The fraction of sp³-hybridized carbons (Fsp3) is 1.00. The van der Waals surface area contributed by atoms with E-state index < -0.39 is 6.71 Å². The molecule has 3 nitrogen and oxygen atoms in total. The van der Waals surface area contributed by atoms with Gasteiger partial charge in [0.25, 0.3) is 6.71 Å². The molecule has 0 spiro atoms. The molecule has 66 valence electrons. The molecule has 0 amide bonds. The van der Waals surface area contributed by atoms with Crippen LogP contribution in [-0.2, 0) is 0 Å². The van der Waals surface area contributed by atoms with E-state index in [1.165, 1.54) is 6.42 Å². The SMILES string of the molecule is OP(O)(S)=NC1CCCCC1. The van der Waals surface area contributed by atoms with Crippen molar-refractivity contribution in [3.63, 3.8) is 0 Å². The third-order valence-corrected chi connectivity index (χ3v) is 2.84. The van der Waals surface area contributed by atoms with Gasteiger partial charge in [-0.1, -0.05) is 31.5 Å². The van der Waals surface area contributed by atoms with Gasteiger partial charge in [0.15, 0.2) is 0 Å². The topological polar surface area (TPSA) is 52.8 Å². The van der Waals surface area contributed by atoms with E-state index in [0.717, 1.165) is 25.7 Å². The Morgan fingerprint density at radius 2 is 1.73 bits per heavy atom. The van der Waals surface area contributed by atoms with E-state index in [1.807, 2.05) is 0 Å². The first-order valence-corrected chi connectivity index (χ1v) is 6.67. The van der Waals surface area contributed by atoms with Crippen molar-refractivity contribution in [1.29, 1.82) is 0 Å². The lowest BCUT2D eigenvalue weighted by atomic mass is 9.97. The maximum Gasteiger partial charge on any atom is 0.264 e. The summed E-state index contributed by atoms with van der Waals surface area (Å²) in [5.41, 5.74) is 0. The highest BCUT2D eigenvalue weighted by Gasteiger charge is 2.14. The lowest BCUT2D eigenvalue weighted by Gasteiger charge is -2.18. The standard InChI is InChI=1S/C6H14NO2PS/c8-10(9,11)7-6-4-2-1-3-5-6/h6,8-9,11H,1-5H2. The van der Waals surface area contributed by atoms with Gasteiger partial charge in [-0.2, -0.15) is 0 Å². The zero-order valence-electron chi connectivity index (χ0n) is 6.35. The monoisotopic (exact) mass is 195 g/mol. The Morgan fingerprint density at radius 1 is 1.18 bits per heavy atom. The first-order valence-electron chi connectivity index (χ1n) is 3.87. The van der Waals surface area contributed by atoms with Gasteiger partial charge < -0.3 is 9.79 Å². The average molecular weight is 195 g/mol. The van der Waals surface area contributed by atoms with Crippen LogP contribution in [0.2, 0.25) is 0 Å². The van der Waals surface area contributed by atoms with Crippen LogP contribution in [0.1, 0.15) is 32.1 Å². The summed E-state index contributed by atoms with van der Waals surface area (Å²) in [6.07, 6.45) is 5.54. The van der Waals surface area contributed by atoms with Gasteiger partial charge in [-0.15, -0.1) is 0 Å². The molecule has 1 rings (SSSR count). The molecule has 1 saturated carbocycles. The van der Waals surface area contributed by atoms with Gasteiger partial charge in [-0.3, -0.25) is 0 Å². The minimum Gasteiger partial charge on any atom is -0.332 e. The van der Waals surface area contributed by atoms with Crippen molar-refractivity contribution in [2.45, 2.75) is 38.1 Å². The summed E-state index contributed by atoms with van der Waals surface area (Å²) >= 11 is 3.62. The van der Waals surface area contributed by atoms with Crippen LogP contribution in [0.25, 0.3) is 0 Å². The van der Waals surface area contributed by atoms with Crippen LogP contribution >= 0.6 is 19.0 Å². The Labute approximate surface area is 72.2 Å². The molecule has 0 bridgehead atoms. The third-order valence-electron chi connectivity index (χ3n) is 1.89. The molecule has 1 aliphatic carbocycles. The summed E-state index contributed by atoms with van der Waals surface area (Å²) in [5.74, 6) is 0. The van der Waals surface area contributed by atoms with E-state index >= 15 is 0 Å². The first kappa shape index (κ1) is 9.59. The van der Waals surface area contributed by atoms with Gasteiger partial charge in [0, 0.05) is 0 Å². The summed E-state index contributed by atoms with van der Waals surface area (Å²) in [4.78, 5) is 17.9. The van der Waals surface area contributed by atoms with Gasteiger partial charge in [0.2, 0.25) is 0 Å². The summed E-state index contributed by atoms with van der Waals surface area (Å²) in [6, 6.07) is 0.143. The molecule has 0 atom stereocenters. The smallest absolute Gasteiger partial charge is 0.264 e. The second-order valence-corrected chi connectivity index (χ2v) is 5.86. The maximum atomic E-state index is 8.93. The van der Waals surface area contributed by atoms with Crippen molar-refractivity contribution in [1.82, 2.24) is 0 Å². The van der Waals surface area contributed by atoms with E-state index in [4.69, 9.17) is 9.79 Å². The molecule has 0 aromatic heterocycles. The molecule has 0 saturated heterocycles. The molecule has 0 aromatic rings. The zero-order valence-corrected chi connectivity index (χ0v) is 8.14. The van der Waals surface area contributed by atoms with Crippen molar-refractivity contribution in [3.05, 3.63) is 0 Å². The van der Waals surface area contributed by atoms with Crippen LogP contribution in [0.5, 0.6) is 0 Å². The van der Waals surface area contributed by atoms with Gasteiger partial charge >= 0.3 is 0 Å². The molecule has 0 heterocycles.